The van der Waals surface area contributed by atoms with Crippen LogP contribution in [0.4, 0.5) is 0 Å². The van der Waals surface area contributed by atoms with E-state index in [0.29, 0.717) is 0 Å². The third-order valence-corrected chi connectivity index (χ3v) is 10.4. The van der Waals surface area contributed by atoms with Crippen LogP contribution in [0.1, 0.15) is 0 Å². The Hall–Kier alpha value is -5.97. The summed E-state index contributed by atoms with van der Waals surface area (Å²) in [5.74, 6) is 0.938. The molecule has 0 atom stereocenters. The van der Waals surface area contributed by atoms with Crippen LogP contribution in [0.15, 0.2) is 162 Å². The molecule has 47 heavy (non-hydrogen) atoms. The summed E-state index contributed by atoms with van der Waals surface area (Å²) in [5.41, 5.74) is 10.8. The molecule has 0 unspecified atom stereocenters. The molecule has 3 aromatic heterocycles. The second-order valence-corrected chi connectivity index (χ2v) is 13.1. The summed E-state index contributed by atoms with van der Waals surface area (Å²) >= 11 is 1.85. The molecule has 0 saturated heterocycles. The highest BCUT2D eigenvalue weighted by Crippen LogP contribution is 2.39. The minimum absolute atomic E-state index is 0.897. The van der Waals surface area contributed by atoms with Crippen molar-refractivity contribution >= 4 is 64.5 Å². The summed E-state index contributed by atoms with van der Waals surface area (Å²) in [6.45, 7) is 0. The Morgan fingerprint density at radius 3 is 1.83 bits per heavy atom. The lowest BCUT2D eigenvalue weighted by Gasteiger charge is -2.11. The van der Waals surface area contributed by atoms with Gasteiger partial charge < -0.3 is 4.42 Å². The minimum atomic E-state index is 0.897. The maximum Gasteiger partial charge on any atom is 0.145 e. The van der Waals surface area contributed by atoms with Crippen LogP contribution in [0.5, 0.6) is 0 Å². The van der Waals surface area contributed by atoms with Crippen molar-refractivity contribution in [2.24, 2.45) is 0 Å². The van der Waals surface area contributed by atoms with E-state index in [2.05, 4.69) is 150 Å². The molecule has 0 amide bonds. The SMILES string of the molecule is c1ccc(-c2nc3ccccc3n2-c2ccc(-c3ccc4oc5ccc(-c6ccc7sc8ccccc8c7c6)cc5c4c3)cc2)cc1. The van der Waals surface area contributed by atoms with E-state index < -0.39 is 0 Å². The van der Waals surface area contributed by atoms with E-state index in [4.69, 9.17) is 9.40 Å². The number of fused-ring (bicyclic) bond motifs is 7. The van der Waals surface area contributed by atoms with Crippen LogP contribution in [-0.4, -0.2) is 9.55 Å². The van der Waals surface area contributed by atoms with E-state index in [0.717, 1.165) is 61.2 Å². The van der Waals surface area contributed by atoms with Gasteiger partial charge in [0, 0.05) is 42.2 Å². The number of hydrogen-bond donors (Lipinski definition) is 0. The van der Waals surface area contributed by atoms with Crippen LogP contribution < -0.4 is 0 Å². The largest absolute Gasteiger partial charge is 0.456 e. The lowest BCUT2D eigenvalue weighted by molar-refractivity contribution is 0.669. The molecule has 0 aliphatic heterocycles. The highest BCUT2D eigenvalue weighted by atomic mass is 32.1. The van der Waals surface area contributed by atoms with Crippen molar-refractivity contribution < 1.29 is 4.42 Å². The van der Waals surface area contributed by atoms with Gasteiger partial charge in [0.05, 0.1) is 11.0 Å². The summed E-state index contributed by atoms with van der Waals surface area (Å²) in [5, 5.41) is 4.88. The zero-order chi connectivity index (χ0) is 30.9. The maximum absolute atomic E-state index is 6.31. The summed E-state index contributed by atoms with van der Waals surface area (Å²) in [6.07, 6.45) is 0. The standard InChI is InChI=1S/C43H26N2OS/c1-2-8-28(9-3-1)43-44-37-11-5-6-12-38(37)45(43)32-19-14-27(15-20-32)29-16-21-39-34(24-29)35-25-30(17-22-40(35)46-39)31-18-23-42-36(26-31)33-10-4-7-13-41(33)47-42/h1-26H. The minimum Gasteiger partial charge on any atom is -0.456 e. The molecule has 0 aliphatic carbocycles. The molecular weight excluding hydrogens is 593 g/mol. The number of benzene rings is 7. The second-order valence-electron chi connectivity index (χ2n) is 12.0. The molecule has 0 saturated carbocycles. The third kappa shape index (κ3) is 4.23. The fraction of sp³-hybridized carbons (Fsp3) is 0. The van der Waals surface area contributed by atoms with Gasteiger partial charge in [-0.2, -0.15) is 0 Å². The average Bonchev–Trinajstić information content (AvgIpc) is 3.82. The molecule has 0 N–H and O–H groups in total. The van der Waals surface area contributed by atoms with Crippen molar-refractivity contribution in [1.29, 1.82) is 0 Å². The van der Waals surface area contributed by atoms with Crippen LogP contribution in [0.25, 0.3) is 92.5 Å². The number of furan rings is 1. The first-order valence-electron chi connectivity index (χ1n) is 15.8. The molecular formula is C43H26N2OS. The Morgan fingerprint density at radius 1 is 0.447 bits per heavy atom. The fourth-order valence-electron chi connectivity index (χ4n) is 6.91. The van der Waals surface area contributed by atoms with Crippen LogP contribution in [0, 0.1) is 0 Å². The predicted molar refractivity (Wildman–Crippen MR) is 198 cm³/mol. The van der Waals surface area contributed by atoms with Gasteiger partial charge in [-0.05, 0) is 89.0 Å². The summed E-state index contributed by atoms with van der Waals surface area (Å²) in [6, 6.07) is 56.0. The van der Waals surface area contributed by atoms with Gasteiger partial charge in [0.25, 0.3) is 0 Å². The van der Waals surface area contributed by atoms with Gasteiger partial charge in [-0.1, -0.05) is 91.0 Å². The Labute approximate surface area is 274 Å². The van der Waals surface area contributed by atoms with Crippen LogP contribution in [-0.2, 0) is 0 Å². The van der Waals surface area contributed by atoms with Gasteiger partial charge in [0.15, 0.2) is 0 Å². The molecule has 3 heterocycles. The van der Waals surface area contributed by atoms with Gasteiger partial charge in [-0.15, -0.1) is 11.3 Å². The van der Waals surface area contributed by atoms with Crippen LogP contribution in [0.2, 0.25) is 0 Å². The lowest BCUT2D eigenvalue weighted by atomic mass is 9.99. The predicted octanol–water partition coefficient (Wildman–Crippen LogP) is 12.3. The zero-order valence-electron chi connectivity index (χ0n) is 25.2. The summed E-state index contributed by atoms with van der Waals surface area (Å²) in [7, 11) is 0. The van der Waals surface area contributed by atoms with E-state index in [9.17, 15) is 0 Å². The Balaban J connectivity index is 1.05. The van der Waals surface area contributed by atoms with E-state index in [-0.39, 0.29) is 0 Å². The van der Waals surface area contributed by atoms with E-state index >= 15 is 0 Å². The quantitative estimate of drug-likeness (QED) is 0.196. The highest BCUT2D eigenvalue weighted by Gasteiger charge is 2.15. The number of hydrogen-bond acceptors (Lipinski definition) is 3. The molecule has 0 radical (unpaired) electrons. The zero-order valence-corrected chi connectivity index (χ0v) is 26.0. The van der Waals surface area contributed by atoms with E-state index in [1.807, 2.05) is 23.5 Å². The van der Waals surface area contributed by atoms with Crippen molar-refractivity contribution in [1.82, 2.24) is 9.55 Å². The number of aromatic nitrogens is 2. The maximum atomic E-state index is 6.31. The Kier molecular flexibility index (Phi) is 5.74. The molecule has 0 aliphatic rings. The topological polar surface area (TPSA) is 31.0 Å². The van der Waals surface area contributed by atoms with Crippen molar-refractivity contribution in [3.8, 4) is 39.3 Å². The molecule has 10 rings (SSSR count). The smallest absolute Gasteiger partial charge is 0.145 e. The summed E-state index contributed by atoms with van der Waals surface area (Å²) < 4.78 is 11.2. The number of nitrogens with zero attached hydrogens (tertiary/aromatic N) is 2. The van der Waals surface area contributed by atoms with Crippen LogP contribution in [0.3, 0.4) is 0 Å². The first kappa shape index (κ1) is 26.3. The molecule has 220 valence electrons. The lowest BCUT2D eigenvalue weighted by Crippen LogP contribution is -1.97. The van der Waals surface area contributed by atoms with E-state index in [1.165, 1.54) is 31.3 Å². The normalized spacial score (nSPS) is 11.8. The van der Waals surface area contributed by atoms with Gasteiger partial charge in [0.2, 0.25) is 0 Å². The van der Waals surface area contributed by atoms with Gasteiger partial charge in [-0.3, -0.25) is 4.57 Å². The van der Waals surface area contributed by atoms with Crippen molar-refractivity contribution in [3.05, 3.63) is 158 Å². The molecule has 0 fully saturated rings. The number of para-hydroxylation sites is 2. The van der Waals surface area contributed by atoms with Gasteiger partial charge >= 0.3 is 0 Å². The molecule has 0 spiro atoms. The number of thiophene rings is 1. The first-order valence-corrected chi connectivity index (χ1v) is 16.6. The highest BCUT2D eigenvalue weighted by molar-refractivity contribution is 7.25. The average molecular weight is 619 g/mol. The van der Waals surface area contributed by atoms with E-state index in [1.54, 1.807) is 0 Å². The fourth-order valence-corrected chi connectivity index (χ4v) is 8.00. The van der Waals surface area contributed by atoms with Crippen molar-refractivity contribution in [2.75, 3.05) is 0 Å². The second kappa shape index (κ2) is 10.3. The molecule has 3 nitrogen and oxygen atoms in total. The number of imidazole rings is 1. The molecule has 10 aromatic rings. The van der Waals surface area contributed by atoms with Crippen LogP contribution >= 0.6 is 11.3 Å². The van der Waals surface area contributed by atoms with Gasteiger partial charge in [0.1, 0.15) is 17.0 Å². The third-order valence-electron chi connectivity index (χ3n) is 9.23. The summed E-state index contributed by atoms with van der Waals surface area (Å²) in [4.78, 5) is 5.00. The monoisotopic (exact) mass is 618 g/mol. The molecule has 7 aromatic carbocycles. The molecule has 4 heteroatoms. The first-order chi connectivity index (χ1) is 23.3. The van der Waals surface area contributed by atoms with Crippen molar-refractivity contribution in [2.45, 2.75) is 0 Å². The Bertz CT molecular complexity index is 2780. The Morgan fingerprint density at radius 2 is 1.04 bits per heavy atom. The molecule has 0 bridgehead atoms. The van der Waals surface area contributed by atoms with Crippen molar-refractivity contribution in [3.63, 3.8) is 0 Å². The number of rotatable bonds is 4. The van der Waals surface area contributed by atoms with Gasteiger partial charge in [-0.25, -0.2) is 4.98 Å².